The van der Waals surface area contributed by atoms with Crippen molar-refractivity contribution in [3.05, 3.63) is 48.5 Å². The second kappa shape index (κ2) is 8.57. The lowest BCUT2D eigenvalue weighted by molar-refractivity contribution is 0.585. The van der Waals surface area contributed by atoms with Gasteiger partial charge in [0.25, 0.3) is 0 Å². The van der Waals surface area contributed by atoms with Crippen LogP contribution in [0.25, 0.3) is 16.9 Å². The standard InChI is InChI=1S/C20H26N4/c1-2-3-4-5-6-7-8-12-18-20(17-11-9-14-21-16-17)23-19-13-10-15-22-24(18)19/h9-11,13-16H,2-8,12H2,1H3. The highest BCUT2D eigenvalue weighted by atomic mass is 15.3. The Morgan fingerprint density at radius 3 is 2.50 bits per heavy atom. The average molecular weight is 322 g/mol. The van der Waals surface area contributed by atoms with Gasteiger partial charge in [0.2, 0.25) is 0 Å². The molecule has 0 aliphatic carbocycles. The Labute approximate surface area is 144 Å². The maximum Gasteiger partial charge on any atom is 0.154 e. The van der Waals surface area contributed by atoms with Crippen molar-refractivity contribution in [2.45, 2.75) is 58.3 Å². The lowest BCUT2D eigenvalue weighted by Gasteiger charge is -2.05. The first-order chi connectivity index (χ1) is 11.9. The normalized spacial score (nSPS) is 11.2. The molecule has 0 N–H and O–H groups in total. The van der Waals surface area contributed by atoms with Crippen molar-refractivity contribution in [2.75, 3.05) is 0 Å². The topological polar surface area (TPSA) is 43.1 Å². The van der Waals surface area contributed by atoms with Crippen LogP contribution in [0.15, 0.2) is 42.9 Å². The van der Waals surface area contributed by atoms with E-state index in [1.54, 1.807) is 6.20 Å². The third kappa shape index (κ3) is 3.99. The third-order valence-corrected chi connectivity index (χ3v) is 4.44. The number of pyridine rings is 1. The van der Waals surface area contributed by atoms with Gasteiger partial charge >= 0.3 is 0 Å². The summed E-state index contributed by atoms with van der Waals surface area (Å²) in [4.78, 5) is 9.02. The summed E-state index contributed by atoms with van der Waals surface area (Å²) in [6.07, 6.45) is 15.7. The van der Waals surface area contributed by atoms with Gasteiger partial charge in [0.1, 0.15) is 0 Å². The molecule has 24 heavy (non-hydrogen) atoms. The third-order valence-electron chi connectivity index (χ3n) is 4.44. The molecule has 0 bridgehead atoms. The van der Waals surface area contributed by atoms with Crippen LogP contribution in [0.2, 0.25) is 0 Å². The molecule has 0 radical (unpaired) electrons. The van der Waals surface area contributed by atoms with E-state index in [9.17, 15) is 0 Å². The molecule has 0 saturated heterocycles. The molecule has 0 spiro atoms. The van der Waals surface area contributed by atoms with Gasteiger partial charge in [-0.15, -0.1) is 0 Å². The molecule has 0 atom stereocenters. The summed E-state index contributed by atoms with van der Waals surface area (Å²) in [6, 6.07) is 7.99. The first kappa shape index (κ1) is 16.6. The Morgan fingerprint density at radius 1 is 0.917 bits per heavy atom. The Hall–Kier alpha value is -2.23. The van der Waals surface area contributed by atoms with E-state index in [1.165, 1.54) is 50.6 Å². The minimum Gasteiger partial charge on any atom is -0.264 e. The van der Waals surface area contributed by atoms with Crippen molar-refractivity contribution >= 4 is 5.65 Å². The molecule has 0 saturated carbocycles. The Balaban J connectivity index is 1.71. The van der Waals surface area contributed by atoms with Crippen LogP contribution in [0.4, 0.5) is 0 Å². The van der Waals surface area contributed by atoms with E-state index in [4.69, 9.17) is 4.98 Å². The second-order valence-electron chi connectivity index (χ2n) is 6.31. The van der Waals surface area contributed by atoms with Crippen LogP contribution in [-0.4, -0.2) is 19.6 Å². The number of fused-ring (bicyclic) bond motifs is 1. The van der Waals surface area contributed by atoms with Crippen LogP contribution in [0.5, 0.6) is 0 Å². The lowest BCUT2D eigenvalue weighted by Crippen LogP contribution is -1.98. The molecule has 126 valence electrons. The Bertz CT molecular complexity index is 749. The molecular weight excluding hydrogens is 296 g/mol. The summed E-state index contributed by atoms with van der Waals surface area (Å²) >= 11 is 0. The fourth-order valence-corrected chi connectivity index (χ4v) is 3.14. The van der Waals surface area contributed by atoms with Crippen LogP contribution in [0.3, 0.4) is 0 Å². The van der Waals surface area contributed by atoms with Gasteiger partial charge in [-0.05, 0) is 37.1 Å². The molecule has 4 heteroatoms. The number of aryl methyl sites for hydroxylation is 1. The molecule has 0 fully saturated rings. The van der Waals surface area contributed by atoms with Crippen molar-refractivity contribution in [3.8, 4) is 11.3 Å². The number of hydrogen-bond donors (Lipinski definition) is 0. The van der Waals surface area contributed by atoms with Crippen LogP contribution in [0, 0.1) is 0 Å². The summed E-state index contributed by atoms with van der Waals surface area (Å²) in [7, 11) is 0. The van der Waals surface area contributed by atoms with Crippen molar-refractivity contribution in [2.24, 2.45) is 0 Å². The first-order valence-electron chi connectivity index (χ1n) is 9.13. The van der Waals surface area contributed by atoms with E-state index in [-0.39, 0.29) is 0 Å². The van der Waals surface area contributed by atoms with Crippen molar-refractivity contribution < 1.29 is 0 Å². The number of hydrogen-bond acceptors (Lipinski definition) is 3. The number of rotatable bonds is 9. The lowest BCUT2D eigenvalue weighted by atomic mass is 10.0. The second-order valence-corrected chi connectivity index (χ2v) is 6.31. The highest BCUT2D eigenvalue weighted by Gasteiger charge is 2.14. The minimum absolute atomic E-state index is 0.911. The van der Waals surface area contributed by atoms with Crippen molar-refractivity contribution in [1.29, 1.82) is 0 Å². The predicted molar refractivity (Wildman–Crippen MR) is 97.9 cm³/mol. The predicted octanol–water partition coefficient (Wildman–Crippen LogP) is 5.08. The van der Waals surface area contributed by atoms with E-state index < -0.39 is 0 Å². The van der Waals surface area contributed by atoms with E-state index >= 15 is 0 Å². The smallest absolute Gasteiger partial charge is 0.154 e. The zero-order chi connectivity index (χ0) is 16.6. The van der Waals surface area contributed by atoms with E-state index in [1.807, 2.05) is 35.1 Å². The zero-order valence-electron chi connectivity index (χ0n) is 14.5. The quantitative estimate of drug-likeness (QED) is 0.516. The van der Waals surface area contributed by atoms with Crippen LogP contribution < -0.4 is 0 Å². The monoisotopic (exact) mass is 322 g/mol. The van der Waals surface area contributed by atoms with Gasteiger partial charge < -0.3 is 0 Å². The van der Waals surface area contributed by atoms with E-state index in [2.05, 4.69) is 23.1 Å². The number of aromatic nitrogens is 4. The highest BCUT2D eigenvalue weighted by Crippen LogP contribution is 2.24. The summed E-state index contributed by atoms with van der Waals surface area (Å²) in [5, 5.41) is 4.50. The largest absolute Gasteiger partial charge is 0.264 e. The molecule has 0 aliphatic heterocycles. The molecule has 3 aromatic heterocycles. The molecule has 3 heterocycles. The maximum absolute atomic E-state index is 4.78. The van der Waals surface area contributed by atoms with Crippen molar-refractivity contribution in [3.63, 3.8) is 0 Å². The molecule has 4 nitrogen and oxygen atoms in total. The molecular formula is C20H26N4. The fraction of sp³-hybridized carbons (Fsp3) is 0.450. The van der Waals surface area contributed by atoms with Gasteiger partial charge in [-0.1, -0.05) is 45.4 Å². The summed E-state index contributed by atoms with van der Waals surface area (Å²) < 4.78 is 1.99. The van der Waals surface area contributed by atoms with Crippen molar-refractivity contribution in [1.82, 2.24) is 19.6 Å². The fourth-order valence-electron chi connectivity index (χ4n) is 3.14. The molecule has 3 aromatic rings. The number of unbranched alkanes of at least 4 members (excludes halogenated alkanes) is 6. The molecule has 0 amide bonds. The molecule has 0 aromatic carbocycles. The van der Waals surface area contributed by atoms with Crippen LogP contribution in [0.1, 0.15) is 57.6 Å². The van der Waals surface area contributed by atoms with E-state index in [0.29, 0.717) is 0 Å². The van der Waals surface area contributed by atoms with E-state index in [0.717, 1.165) is 23.3 Å². The van der Waals surface area contributed by atoms with Gasteiger partial charge in [-0.3, -0.25) is 4.98 Å². The SMILES string of the molecule is CCCCCCCCCc1c(-c2cccnc2)nc2cccnn12. The highest BCUT2D eigenvalue weighted by molar-refractivity contribution is 5.65. The average Bonchev–Trinajstić information content (AvgIpc) is 3.00. The van der Waals surface area contributed by atoms with Gasteiger partial charge in [0, 0.05) is 24.2 Å². The first-order valence-corrected chi connectivity index (χ1v) is 9.13. The summed E-state index contributed by atoms with van der Waals surface area (Å²) in [6.45, 7) is 2.26. The number of imidazole rings is 1. The van der Waals surface area contributed by atoms with Gasteiger partial charge in [-0.2, -0.15) is 5.10 Å². The van der Waals surface area contributed by atoms with Gasteiger partial charge in [-0.25, -0.2) is 9.50 Å². The maximum atomic E-state index is 4.78. The van der Waals surface area contributed by atoms with Crippen LogP contribution in [-0.2, 0) is 6.42 Å². The zero-order valence-corrected chi connectivity index (χ0v) is 14.5. The number of nitrogens with zero attached hydrogens (tertiary/aromatic N) is 4. The van der Waals surface area contributed by atoms with Crippen LogP contribution >= 0.6 is 0 Å². The Kier molecular flexibility index (Phi) is 5.94. The van der Waals surface area contributed by atoms with Gasteiger partial charge in [0.15, 0.2) is 5.65 Å². The molecule has 3 rings (SSSR count). The minimum atomic E-state index is 0.911. The summed E-state index contributed by atoms with van der Waals surface area (Å²) in [5.74, 6) is 0. The molecule has 0 aliphatic rings. The Morgan fingerprint density at radius 2 is 1.71 bits per heavy atom. The van der Waals surface area contributed by atoms with Gasteiger partial charge in [0.05, 0.1) is 11.4 Å². The molecule has 0 unspecified atom stereocenters. The summed E-state index contributed by atoms with van der Waals surface area (Å²) in [5.41, 5.74) is 4.20.